The van der Waals surface area contributed by atoms with E-state index in [1.807, 2.05) is 0 Å². The lowest BCUT2D eigenvalue weighted by atomic mass is 10.1. The topological polar surface area (TPSA) is 104 Å². The molecule has 2 N–H and O–H groups in total. The third-order valence-corrected chi connectivity index (χ3v) is 3.79. The van der Waals surface area contributed by atoms with Gasteiger partial charge in [0.15, 0.2) is 11.5 Å². The molecule has 0 amide bonds. The van der Waals surface area contributed by atoms with Crippen molar-refractivity contribution in [1.29, 1.82) is 0 Å². The second kappa shape index (κ2) is 4.86. The number of halogens is 3. The fourth-order valence-corrected chi connectivity index (χ4v) is 2.41. The first-order chi connectivity index (χ1) is 9.54. The minimum absolute atomic E-state index is 0.0204. The summed E-state index contributed by atoms with van der Waals surface area (Å²) < 4.78 is 63.2. The predicted molar refractivity (Wildman–Crippen MR) is 60.7 cm³/mol. The highest BCUT2D eigenvalue weighted by atomic mass is 32.2. The Morgan fingerprint density at radius 2 is 1.81 bits per heavy atom. The number of carbonyl (C=O) groups is 1. The Balaban J connectivity index is 2.60. The van der Waals surface area contributed by atoms with Gasteiger partial charge in [-0.2, -0.15) is 21.6 Å². The van der Waals surface area contributed by atoms with Crippen LogP contribution in [0.3, 0.4) is 0 Å². The summed E-state index contributed by atoms with van der Waals surface area (Å²) in [5.41, 5.74) is -6.56. The number of fused-ring (bicyclic) bond motifs is 1. The highest BCUT2D eigenvalue weighted by Crippen LogP contribution is 2.40. The molecule has 0 saturated carbocycles. The van der Waals surface area contributed by atoms with Crippen LogP contribution in [0.25, 0.3) is 0 Å². The Kier molecular flexibility index (Phi) is 3.59. The van der Waals surface area contributed by atoms with E-state index in [4.69, 9.17) is 10.4 Å². The zero-order valence-corrected chi connectivity index (χ0v) is 10.9. The second-order valence-corrected chi connectivity index (χ2v) is 5.67. The fraction of sp³-hybridized carbons (Fsp3) is 0.300. The summed E-state index contributed by atoms with van der Waals surface area (Å²) in [4.78, 5) is 11.5. The van der Waals surface area contributed by atoms with Crippen LogP contribution in [0.4, 0.5) is 18.9 Å². The van der Waals surface area contributed by atoms with Crippen LogP contribution in [0.2, 0.25) is 0 Å². The van der Waals surface area contributed by atoms with Crippen molar-refractivity contribution in [2.45, 2.75) is 18.3 Å². The number of anilines is 1. The molecule has 0 heterocycles. The highest BCUT2D eigenvalue weighted by molar-refractivity contribution is 7.88. The Hall–Kier alpha value is -1.85. The van der Waals surface area contributed by atoms with Gasteiger partial charge in [0.2, 0.25) is 0 Å². The molecule has 1 aliphatic carbocycles. The molecule has 0 aliphatic heterocycles. The molecule has 0 atom stereocenters. The Morgan fingerprint density at radius 1 is 1.19 bits per heavy atom. The quantitative estimate of drug-likeness (QED) is 0.494. The van der Waals surface area contributed by atoms with Crippen molar-refractivity contribution >= 4 is 21.6 Å². The largest absolute Gasteiger partial charge is 0.534 e. The first-order valence-electron chi connectivity index (χ1n) is 5.42. The monoisotopic (exact) mass is 327 g/mol. The summed E-state index contributed by atoms with van der Waals surface area (Å²) in [6.45, 7) is 0. The molecule has 0 radical (unpaired) electrons. The Labute approximate surface area is 116 Å². The molecule has 0 saturated heterocycles. The van der Waals surface area contributed by atoms with E-state index in [0.717, 1.165) is 12.1 Å². The lowest BCUT2D eigenvalue weighted by Gasteiger charge is -2.17. The Bertz CT molecular complexity index is 697. The standard InChI is InChI=1S/C10H8F3NO6S/c11-10(12,13)21(18,19)20-9-6-2-4-8(15)5(6)1-3-7(9)14(16)17/h1,3,16-17H,2,4H2. The van der Waals surface area contributed by atoms with Gasteiger partial charge >= 0.3 is 15.6 Å². The van der Waals surface area contributed by atoms with Crippen molar-refractivity contribution in [1.82, 2.24) is 0 Å². The third-order valence-electron chi connectivity index (χ3n) is 2.83. The normalized spacial score (nSPS) is 15.0. The fourth-order valence-electron chi connectivity index (χ4n) is 1.91. The van der Waals surface area contributed by atoms with Gasteiger partial charge in [-0.15, -0.1) is 5.23 Å². The number of rotatable bonds is 3. The van der Waals surface area contributed by atoms with Gasteiger partial charge in [-0.3, -0.25) is 15.2 Å². The van der Waals surface area contributed by atoms with E-state index < -0.39 is 38.1 Å². The number of ketones is 1. The molecule has 11 heteroatoms. The molecule has 21 heavy (non-hydrogen) atoms. The maximum Gasteiger partial charge on any atom is 0.534 e. The minimum Gasteiger partial charge on any atom is -0.373 e. The van der Waals surface area contributed by atoms with E-state index in [1.165, 1.54) is 0 Å². The molecule has 1 aliphatic rings. The minimum atomic E-state index is -6.01. The van der Waals surface area contributed by atoms with Crippen molar-refractivity contribution in [3.05, 3.63) is 23.3 Å². The summed E-state index contributed by atoms with van der Waals surface area (Å²) in [6, 6.07) is 2.01. The van der Waals surface area contributed by atoms with Gasteiger partial charge in [0, 0.05) is 17.5 Å². The first-order valence-corrected chi connectivity index (χ1v) is 6.83. The van der Waals surface area contributed by atoms with Crippen LogP contribution in [0, 0.1) is 0 Å². The molecule has 0 spiro atoms. The van der Waals surface area contributed by atoms with Gasteiger partial charge in [-0.25, -0.2) is 0 Å². The smallest absolute Gasteiger partial charge is 0.373 e. The van der Waals surface area contributed by atoms with Gasteiger partial charge in [0.1, 0.15) is 5.69 Å². The Morgan fingerprint density at radius 3 is 2.33 bits per heavy atom. The maximum atomic E-state index is 12.4. The lowest BCUT2D eigenvalue weighted by Crippen LogP contribution is -2.29. The average molecular weight is 327 g/mol. The molecule has 1 aromatic rings. The predicted octanol–water partition coefficient (Wildman–Crippen LogP) is 1.63. The summed E-state index contributed by atoms with van der Waals surface area (Å²) in [7, 11) is -6.01. The molecule has 7 nitrogen and oxygen atoms in total. The number of alkyl halides is 3. The molecular formula is C10H8F3NO6S. The number of benzene rings is 1. The van der Waals surface area contributed by atoms with Crippen molar-refractivity contribution in [2.75, 3.05) is 5.23 Å². The summed E-state index contributed by atoms with van der Waals surface area (Å²) >= 11 is 0. The SMILES string of the molecule is O=C1CCc2c1ccc(N(O)O)c2OS(=O)(=O)C(F)(F)F. The van der Waals surface area contributed by atoms with Crippen LogP contribution < -0.4 is 9.41 Å². The van der Waals surface area contributed by atoms with Crippen molar-refractivity contribution in [3.8, 4) is 5.75 Å². The second-order valence-electron chi connectivity index (χ2n) is 4.14. The van der Waals surface area contributed by atoms with Crippen LogP contribution >= 0.6 is 0 Å². The molecule has 0 aromatic heterocycles. The van der Waals surface area contributed by atoms with Crippen LogP contribution in [0.15, 0.2) is 12.1 Å². The number of hydrogen-bond donors (Lipinski definition) is 2. The van der Waals surface area contributed by atoms with E-state index in [0.29, 0.717) is 0 Å². The number of carbonyl (C=O) groups excluding carboxylic acids is 1. The molecule has 116 valence electrons. The third kappa shape index (κ3) is 2.66. The van der Waals surface area contributed by atoms with E-state index in [9.17, 15) is 26.4 Å². The molecule has 2 rings (SSSR count). The van der Waals surface area contributed by atoms with Gasteiger partial charge in [0.25, 0.3) is 0 Å². The molecule has 0 bridgehead atoms. The molecular weight excluding hydrogens is 319 g/mol. The summed E-state index contributed by atoms with van der Waals surface area (Å²) in [6.07, 6.45) is -0.114. The molecule has 1 aromatic carbocycles. The lowest BCUT2D eigenvalue weighted by molar-refractivity contribution is -0.0501. The zero-order chi connectivity index (χ0) is 16.0. The molecule has 0 unspecified atom stereocenters. The maximum absolute atomic E-state index is 12.4. The van der Waals surface area contributed by atoms with Gasteiger partial charge in [-0.05, 0) is 18.6 Å². The summed E-state index contributed by atoms with van der Waals surface area (Å²) in [5, 5.41) is 17.3. The van der Waals surface area contributed by atoms with E-state index in [1.54, 1.807) is 0 Å². The molecule has 0 fully saturated rings. The number of hydrogen-bond acceptors (Lipinski definition) is 7. The van der Waals surface area contributed by atoms with Crippen molar-refractivity contribution in [3.63, 3.8) is 0 Å². The first kappa shape index (κ1) is 15.5. The number of nitrogens with zero attached hydrogens (tertiary/aromatic N) is 1. The van der Waals surface area contributed by atoms with Crippen molar-refractivity contribution in [2.24, 2.45) is 0 Å². The zero-order valence-electron chi connectivity index (χ0n) is 10.1. The van der Waals surface area contributed by atoms with Crippen LogP contribution in [0.5, 0.6) is 5.75 Å². The van der Waals surface area contributed by atoms with Crippen molar-refractivity contribution < 1.29 is 41.0 Å². The summed E-state index contributed by atoms with van der Waals surface area (Å²) in [5.74, 6) is -1.34. The van der Waals surface area contributed by atoms with Crippen LogP contribution in [-0.4, -0.2) is 30.1 Å². The average Bonchev–Trinajstić information content (AvgIpc) is 2.70. The van der Waals surface area contributed by atoms with E-state index in [2.05, 4.69) is 4.18 Å². The van der Waals surface area contributed by atoms with Crippen LogP contribution in [0.1, 0.15) is 22.3 Å². The number of Topliss-reactive ketones (excluding diaryl/α,β-unsaturated/α-hetero) is 1. The van der Waals surface area contributed by atoms with Crippen LogP contribution in [-0.2, 0) is 16.5 Å². The van der Waals surface area contributed by atoms with E-state index >= 15 is 0 Å². The van der Waals surface area contributed by atoms with Gasteiger partial charge < -0.3 is 4.18 Å². The van der Waals surface area contributed by atoms with E-state index in [-0.39, 0.29) is 24.0 Å². The van der Waals surface area contributed by atoms with Gasteiger partial charge in [-0.1, -0.05) is 0 Å². The highest BCUT2D eigenvalue weighted by Gasteiger charge is 2.49. The van der Waals surface area contributed by atoms with Gasteiger partial charge in [0.05, 0.1) is 0 Å².